The molecule has 4 N–H and O–H groups in total. The lowest BCUT2D eigenvalue weighted by molar-refractivity contribution is 0.0160. The smallest absolute Gasteiger partial charge is 0.117 e. The number of hydrogen-bond acceptors (Lipinski definition) is 5. The van der Waals surface area contributed by atoms with Gasteiger partial charge in [0, 0.05) is 18.7 Å². The molecule has 1 fully saturated rings. The van der Waals surface area contributed by atoms with E-state index in [0.29, 0.717) is 19.2 Å². The Morgan fingerprint density at radius 2 is 2.00 bits per heavy atom. The fourth-order valence-corrected chi connectivity index (χ4v) is 2.79. The first-order chi connectivity index (χ1) is 10.2. The van der Waals surface area contributed by atoms with E-state index in [1.807, 2.05) is 19.1 Å². The third-order valence-electron chi connectivity index (χ3n) is 4.14. The van der Waals surface area contributed by atoms with Gasteiger partial charge in [0.25, 0.3) is 0 Å². The predicted octanol–water partition coefficient (Wildman–Crippen LogP) is 1.32. The van der Waals surface area contributed by atoms with Crippen molar-refractivity contribution in [2.45, 2.75) is 63.8 Å². The first-order valence-corrected chi connectivity index (χ1v) is 8.01. The van der Waals surface area contributed by atoms with Gasteiger partial charge in [-0.3, -0.25) is 0 Å². The molecule has 5 heteroatoms. The van der Waals surface area contributed by atoms with Gasteiger partial charge in [0.1, 0.15) is 11.5 Å². The Bertz CT molecular complexity index is 408. The molecule has 1 aromatic rings. The van der Waals surface area contributed by atoms with E-state index >= 15 is 0 Å². The van der Waals surface area contributed by atoms with Crippen molar-refractivity contribution in [3.8, 4) is 0 Å². The second-order valence-corrected chi connectivity index (χ2v) is 5.92. The average molecular weight is 296 g/mol. The van der Waals surface area contributed by atoms with Crippen LogP contribution in [0.15, 0.2) is 16.5 Å². The summed E-state index contributed by atoms with van der Waals surface area (Å²) in [5, 5.41) is 25.5. The Kier molecular flexibility index (Phi) is 6.70. The molecule has 0 aliphatic heterocycles. The zero-order chi connectivity index (χ0) is 15.1. The molecule has 0 amide bonds. The average Bonchev–Trinajstić information content (AvgIpc) is 2.87. The molecular formula is C16H28N2O3. The van der Waals surface area contributed by atoms with E-state index in [0.717, 1.165) is 50.2 Å². The molecule has 3 unspecified atom stereocenters. The van der Waals surface area contributed by atoms with Gasteiger partial charge in [-0.1, -0.05) is 12.8 Å². The zero-order valence-electron chi connectivity index (χ0n) is 12.8. The summed E-state index contributed by atoms with van der Waals surface area (Å²) < 4.78 is 5.52. The summed E-state index contributed by atoms with van der Waals surface area (Å²) in [6.45, 7) is 3.86. The maximum absolute atomic E-state index is 9.87. The minimum atomic E-state index is -0.270. The molecule has 120 valence electrons. The van der Waals surface area contributed by atoms with Gasteiger partial charge in [-0.15, -0.1) is 0 Å². The molecule has 0 aromatic carbocycles. The van der Waals surface area contributed by atoms with Crippen LogP contribution in [-0.4, -0.2) is 41.6 Å². The quantitative estimate of drug-likeness (QED) is 0.490. The molecule has 2 rings (SSSR count). The highest BCUT2D eigenvalue weighted by molar-refractivity contribution is 5.07. The van der Waals surface area contributed by atoms with E-state index in [4.69, 9.17) is 9.52 Å². The Hall–Kier alpha value is -0.880. The van der Waals surface area contributed by atoms with Crippen LogP contribution in [0.2, 0.25) is 0 Å². The predicted molar refractivity (Wildman–Crippen MR) is 82.0 cm³/mol. The molecule has 5 nitrogen and oxygen atoms in total. The van der Waals surface area contributed by atoms with E-state index in [2.05, 4.69) is 10.6 Å². The molecule has 1 aliphatic rings. The normalized spacial score (nSPS) is 25.0. The van der Waals surface area contributed by atoms with Gasteiger partial charge < -0.3 is 25.3 Å². The van der Waals surface area contributed by atoms with Gasteiger partial charge in [0.15, 0.2) is 0 Å². The SMILES string of the molecule is Cc1ccc(CNC2C(O)CC2NCCCCCCO)o1. The van der Waals surface area contributed by atoms with E-state index < -0.39 is 0 Å². The lowest BCUT2D eigenvalue weighted by Gasteiger charge is -2.42. The van der Waals surface area contributed by atoms with Crippen molar-refractivity contribution >= 4 is 0 Å². The number of hydrogen-bond donors (Lipinski definition) is 4. The van der Waals surface area contributed by atoms with Crippen LogP contribution in [0.1, 0.15) is 43.6 Å². The summed E-state index contributed by atoms with van der Waals surface area (Å²) in [4.78, 5) is 0. The number of furan rings is 1. The van der Waals surface area contributed by atoms with Gasteiger partial charge in [-0.2, -0.15) is 0 Å². The Morgan fingerprint density at radius 3 is 2.67 bits per heavy atom. The molecule has 0 spiro atoms. The van der Waals surface area contributed by atoms with E-state index in [9.17, 15) is 5.11 Å². The largest absolute Gasteiger partial charge is 0.465 e. The van der Waals surface area contributed by atoms with Crippen molar-refractivity contribution in [1.82, 2.24) is 10.6 Å². The molecule has 1 heterocycles. The van der Waals surface area contributed by atoms with Crippen molar-refractivity contribution in [2.75, 3.05) is 13.2 Å². The molecule has 0 saturated heterocycles. The highest BCUT2D eigenvalue weighted by Gasteiger charge is 2.39. The van der Waals surface area contributed by atoms with Crippen molar-refractivity contribution in [2.24, 2.45) is 0 Å². The van der Waals surface area contributed by atoms with E-state index in [-0.39, 0.29) is 12.1 Å². The molecule has 1 aromatic heterocycles. The van der Waals surface area contributed by atoms with E-state index in [1.54, 1.807) is 0 Å². The van der Waals surface area contributed by atoms with Crippen LogP contribution in [0.5, 0.6) is 0 Å². The second-order valence-electron chi connectivity index (χ2n) is 5.92. The molecule has 3 atom stereocenters. The number of rotatable bonds is 10. The van der Waals surface area contributed by atoms with Gasteiger partial charge in [-0.25, -0.2) is 0 Å². The van der Waals surface area contributed by atoms with Crippen molar-refractivity contribution in [1.29, 1.82) is 0 Å². The fraction of sp³-hybridized carbons (Fsp3) is 0.750. The molecule has 0 radical (unpaired) electrons. The zero-order valence-corrected chi connectivity index (χ0v) is 12.8. The van der Waals surface area contributed by atoms with Crippen LogP contribution in [0.3, 0.4) is 0 Å². The topological polar surface area (TPSA) is 77.7 Å². The van der Waals surface area contributed by atoms with Crippen LogP contribution in [-0.2, 0) is 6.54 Å². The number of aliphatic hydroxyl groups is 2. The van der Waals surface area contributed by atoms with Crippen LogP contribution in [0, 0.1) is 6.92 Å². The molecule has 21 heavy (non-hydrogen) atoms. The number of unbranched alkanes of at least 4 members (excludes halogenated alkanes) is 3. The van der Waals surface area contributed by atoms with Crippen LogP contribution in [0.25, 0.3) is 0 Å². The lowest BCUT2D eigenvalue weighted by atomic mass is 9.82. The van der Waals surface area contributed by atoms with E-state index in [1.165, 1.54) is 0 Å². The second kappa shape index (κ2) is 8.54. The van der Waals surface area contributed by atoms with Crippen LogP contribution in [0.4, 0.5) is 0 Å². The summed E-state index contributed by atoms with van der Waals surface area (Å²) in [6, 6.07) is 4.37. The van der Waals surface area contributed by atoms with Gasteiger partial charge >= 0.3 is 0 Å². The molecular weight excluding hydrogens is 268 g/mol. The number of aryl methyl sites for hydroxylation is 1. The lowest BCUT2D eigenvalue weighted by Crippen LogP contribution is -2.64. The van der Waals surface area contributed by atoms with Gasteiger partial charge in [-0.05, 0) is 44.9 Å². The number of aliphatic hydroxyl groups excluding tert-OH is 2. The third kappa shape index (κ3) is 5.11. The summed E-state index contributed by atoms with van der Waals surface area (Å²) >= 11 is 0. The highest BCUT2D eigenvalue weighted by Crippen LogP contribution is 2.21. The number of nitrogens with one attached hydrogen (secondary N) is 2. The van der Waals surface area contributed by atoms with Crippen LogP contribution < -0.4 is 10.6 Å². The third-order valence-corrected chi connectivity index (χ3v) is 4.14. The van der Waals surface area contributed by atoms with Crippen LogP contribution >= 0.6 is 0 Å². The summed E-state index contributed by atoms with van der Waals surface area (Å²) in [5.41, 5.74) is 0. The molecule has 1 aliphatic carbocycles. The Balaban J connectivity index is 1.60. The first-order valence-electron chi connectivity index (χ1n) is 8.01. The Morgan fingerprint density at radius 1 is 1.19 bits per heavy atom. The first kappa shape index (κ1) is 16.5. The maximum Gasteiger partial charge on any atom is 0.117 e. The molecule has 0 bridgehead atoms. The monoisotopic (exact) mass is 296 g/mol. The maximum atomic E-state index is 9.87. The summed E-state index contributed by atoms with van der Waals surface area (Å²) in [6.07, 6.45) is 4.79. The van der Waals surface area contributed by atoms with Gasteiger partial charge in [0.2, 0.25) is 0 Å². The minimum absolute atomic E-state index is 0.104. The highest BCUT2D eigenvalue weighted by atomic mass is 16.3. The minimum Gasteiger partial charge on any atom is -0.465 e. The fourth-order valence-electron chi connectivity index (χ4n) is 2.79. The Labute approximate surface area is 126 Å². The molecule has 1 saturated carbocycles. The van der Waals surface area contributed by atoms with Crippen molar-refractivity contribution in [3.63, 3.8) is 0 Å². The standard InChI is InChI=1S/C16H28N2O3/c1-12-6-7-13(21-12)11-18-16-14(10-15(16)20)17-8-4-2-3-5-9-19/h6-7,14-20H,2-5,8-11H2,1H3. The summed E-state index contributed by atoms with van der Waals surface area (Å²) in [7, 11) is 0. The van der Waals surface area contributed by atoms with Crippen molar-refractivity contribution < 1.29 is 14.6 Å². The summed E-state index contributed by atoms with van der Waals surface area (Å²) in [5.74, 6) is 1.83. The van der Waals surface area contributed by atoms with Crippen molar-refractivity contribution in [3.05, 3.63) is 23.7 Å². The van der Waals surface area contributed by atoms with Gasteiger partial charge in [0.05, 0.1) is 12.6 Å².